The second-order valence-electron chi connectivity index (χ2n) is 2.78. The molecule has 0 bridgehead atoms. The Morgan fingerprint density at radius 3 is 2.35 bits per heavy atom. The SMILES string of the molecule is NS(=O)(=O)c1cc([N+](=O)[O-])c(F)nc1C(F)F. The van der Waals surface area contributed by atoms with Crippen LogP contribution in [0.1, 0.15) is 12.1 Å². The molecule has 11 heteroatoms. The third kappa shape index (κ3) is 2.68. The van der Waals surface area contributed by atoms with Gasteiger partial charge in [0.2, 0.25) is 10.0 Å². The van der Waals surface area contributed by atoms with Crippen LogP contribution in [0, 0.1) is 16.1 Å². The van der Waals surface area contributed by atoms with Crippen LogP contribution in [0.2, 0.25) is 0 Å². The van der Waals surface area contributed by atoms with E-state index in [1.54, 1.807) is 0 Å². The molecule has 0 aliphatic carbocycles. The fourth-order valence-electron chi connectivity index (χ4n) is 0.988. The zero-order chi connectivity index (χ0) is 13.4. The first-order valence-electron chi connectivity index (χ1n) is 3.80. The van der Waals surface area contributed by atoms with Gasteiger partial charge < -0.3 is 0 Å². The number of alkyl halides is 2. The molecule has 0 radical (unpaired) electrons. The van der Waals surface area contributed by atoms with Crippen LogP contribution in [-0.4, -0.2) is 18.3 Å². The van der Waals surface area contributed by atoms with Crippen LogP contribution in [0.15, 0.2) is 11.0 Å². The fraction of sp³-hybridized carbons (Fsp3) is 0.167. The molecule has 0 atom stereocenters. The topological polar surface area (TPSA) is 116 Å². The smallest absolute Gasteiger partial charge is 0.258 e. The average molecular weight is 271 g/mol. The second kappa shape index (κ2) is 4.25. The molecule has 2 N–H and O–H groups in total. The van der Waals surface area contributed by atoms with Crippen molar-refractivity contribution in [3.8, 4) is 0 Å². The summed E-state index contributed by atoms with van der Waals surface area (Å²) in [4.78, 5) is 10.3. The monoisotopic (exact) mass is 271 g/mol. The third-order valence-corrected chi connectivity index (χ3v) is 2.60. The highest BCUT2D eigenvalue weighted by Crippen LogP contribution is 2.28. The molecule has 1 rings (SSSR count). The highest BCUT2D eigenvalue weighted by atomic mass is 32.2. The lowest BCUT2D eigenvalue weighted by Crippen LogP contribution is -2.17. The van der Waals surface area contributed by atoms with Crippen molar-refractivity contribution in [2.24, 2.45) is 5.14 Å². The Morgan fingerprint density at radius 2 is 2.00 bits per heavy atom. The van der Waals surface area contributed by atoms with Gasteiger partial charge in [-0.25, -0.2) is 27.3 Å². The number of hydrogen-bond acceptors (Lipinski definition) is 5. The normalized spacial score (nSPS) is 11.8. The third-order valence-electron chi connectivity index (χ3n) is 1.66. The van der Waals surface area contributed by atoms with Crippen molar-refractivity contribution in [2.45, 2.75) is 11.3 Å². The molecule has 17 heavy (non-hydrogen) atoms. The molecule has 0 aliphatic heterocycles. The van der Waals surface area contributed by atoms with E-state index in [0.29, 0.717) is 0 Å². The summed E-state index contributed by atoms with van der Waals surface area (Å²) in [7, 11) is -4.66. The molecule has 0 saturated carbocycles. The average Bonchev–Trinajstić information content (AvgIpc) is 2.14. The number of halogens is 3. The molecule has 0 saturated heterocycles. The molecule has 0 unspecified atom stereocenters. The Labute approximate surface area is 92.3 Å². The molecule has 0 spiro atoms. The van der Waals surface area contributed by atoms with Crippen LogP contribution in [0.3, 0.4) is 0 Å². The number of nitrogens with two attached hydrogens (primary N) is 1. The first-order chi connectivity index (χ1) is 7.64. The Hall–Kier alpha value is -1.75. The highest BCUT2D eigenvalue weighted by molar-refractivity contribution is 7.89. The minimum Gasteiger partial charge on any atom is -0.258 e. The molecule has 1 aromatic heterocycles. The van der Waals surface area contributed by atoms with E-state index < -0.39 is 43.6 Å². The summed E-state index contributed by atoms with van der Waals surface area (Å²) < 4.78 is 59.4. The number of aromatic nitrogens is 1. The lowest BCUT2D eigenvalue weighted by atomic mass is 10.3. The molecular formula is C6H4F3N3O4S. The zero-order valence-corrected chi connectivity index (χ0v) is 8.62. The number of primary sulfonamides is 1. The summed E-state index contributed by atoms with van der Waals surface area (Å²) in [6.45, 7) is 0. The molecule has 94 valence electrons. The van der Waals surface area contributed by atoms with Gasteiger partial charge in [-0.1, -0.05) is 0 Å². The van der Waals surface area contributed by atoms with Crippen molar-refractivity contribution in [3.05, 3.63) is 27.8 Å². The number of hydrogen-bond donors (Lipinski definition) is 1. The molecule has 0 aliphatic rings. The van der Waals surface area contributed by atoms with Gasteiger partial charge in [-0.3, -0.25) is 10.1 Å². The van der Waals surface area contributed by atoms with E-state index in [-0.39, 0.29) is 6.07 Å². The molecule has 1 aromatic rings. The van der Waals surface area contributed by atoms with Gasteiger partial charge in [0.05, 0.1) is 4.92 Å². The van der Waals surface area contributed by atoms with Crippen molar-refractivity contribution >= 4 is 15.7 Å². The lowest BCUT2D eigenvalue weighted by Gasteiger charge is -2.05. The Bertz CT molecular complexity index is 574. The van der Waals surface area contributed by atoms with Gasteiger partial charge in [0.25, 0.3) is 12.4 Å². The van der Waals surface area contributed by atoms with Gasteiger partial charge in [-0.15, -0.1) is 0 Å². The van der Waals surface area contributed by atoms with Crippen LogP contribution in [-0.2, 0) is 10.0 Å². The van der Waals surface area contributed by atoms with E-state index in [0.717, 1.165) is 0 Å². The van der Waals surface area contributed by atoms with Crippen LogP contribution in [0.4, 0.5) is 18.9 Å². The van der Waals surface area contributed by atoms with Gasteiger partial charge in [0, 0.05) is 6.07 Å². The summed E-state index contributed by atoms with van der Waals surface area (Å²) in [6.07, 6.45) is -3.43. The Balaban J connectivity index is 3.66. The minimum absolute atomic E-state index is 0.110. The van der Waals surface area contributed by atoms with Crippen molar-refractivity contribution in [1.29, 1.82) is 0 Å². The molecular weight excluding hydrogens is 267 g/mol. The van der Waals surface area contributed by atoms with Crippen molar-refractivity contribution in [2.75, 3.05) is 0 Å². The largest absolute Gasteiger partial charge is 0.325 e. The van der Waals surface area contributed by atoms with Crippen LogP contribution in [0.25, 0.3) is 0 Å². The van der Waals surface area contributed by atoms with Crippen molar-refractivity contribution in [1.82, 2.24) is 4.98 Å². The van der Waals surface area contributed by atoms with E-state index in [9.17, 15) is 31.7 Å². The lowest BCUT2D eigenvalue weighted by molar-refractivity contribution is -0.388. The summed E-state index contributed by atoms with van der Waals surface area (Å²) in [6, 6.07) is 0.110. The first-order valence-corrected chi connectivity index (χ1v) is 5.35. The number of sulfonamides is 1. The molecule has 0 fully saturated rings. The Kier molecular flexibility index (Phi) is 3.33. The number of nitrogens with zero attached hydrogens (tertiary/aromatic N) is 2. The minimum atomic E-state index is -4.66. The molecule has 1 heterocycles. The van der Waals surface area contributed by atoms with Crippen LogP contribution >= 0.6 is 0 Å². The van der Waals surface area contributed by atoms with E-state index in [2.05, 4.69) is 10.1 Å². The number of rotatable bonds is 3. The summed E-state index contributed by atoms with van der Waals surface area (Å²) in [5, 5.41) is 14.9. The second-order valence-corrected chi connectivity index (χ2v) is 4.31. The summed E-state index contributed by atoms with van der Waals surface area (Å²) in [5.74, 6) is -1.81. The first kappa shape index (κ1) is 13.3. The molecule has 7 nitrogen and oxygen atoms in total. The van der Waals surface area contributed by atoms with E-state index in [1.165, 1.54) is 0 Å². The predicted molar refractivity (Wildman–Crippen MR) is 47.2 cm³/mol. The number of nitro groups is 1. The van der Waals surface area contributed by atoms with Crippen LogP contribution < -0.4 is 5.14 Å². The maximum Gasteiger partial charge on any atom is 0.325 e. The fourth-order valence-corrected chi connectivity index (χ4v) is 1.69. The molecule has 0 amide bonds. The quantitative estimate of drug-likeness (QED) is 0.493. The van der Waals surface area contributed by atoms with Crippen LogP contribution in [0.5, 0.6) is 0 Å². The maximum atomic E-state index is 12.9. The Morgan fingerprint density at radius 1 is 1.47 bits per heavy atom. The predicted octanol–water partition coefficient (Wildman–Crippen LogP) is 0.714. The van der Waals surface area contributed by atoms with Crippen molar-refractivity contribution in [3.63, 3.8) is 0 Å². The maximum absolute atomic E-state index is 12.9. The van der Waals surface area contributed by atoms with Gasteiger partial charge in [0.15, 0.2) is 0 Å². The van der Waals surface area contributed by atoms with E-state index in [1.807, 2.05) is 0 Å². The standard InChI is InChI=1S/C6H4F3N3O4S/c7-5(8)4-3(17(10,15)16)1-2(12(13)14)6(9)11-4/h1,5H,(H2,10,15,16). The van der Waals surface area contributed by atoms with E-state index >= 15 is 0 Å². The number of pyridine rings is 1. The van der Waals surface area contributed by atoms with Crippen molar-refractivity contribution < 1.29 is 26.5 Å². The zero-order valence-electron chi connectivity index (χ0n) is 7.80. The van der Waals surface area contributed by atoms with Gasteiger partial charge >= 0.3 is 5.69 Å². The summed E-state index contributed by atoms with van der Waals surface area (Å²) >= 11 is 0. The van der Waals surface area contributed by atoms with E-state index in [4.69, 9.17) is 0 Å². The summed E-state index contributed by atoms with van der Waals surface area (Å²) in [5.41, 5.74) is -2.81. The van der Waals surface area contributed by atoms with Gasteiger partial charge in [-0.05, 0) is 0 Å². The van der Waals surface area contributed by atoms with Gasteiger partial charge in [-0.2, -0.15) is 4.39 Å². The molecule has 0 aromatic carbocycles. The highest BCUT2D eigenvalue weighted by Gasteiger charge is 2.29. The van der Waals surface area contributed by atoms with Gasteiger partial charge in [0.1, 0.15) is 10.6 Å².